The van der Waals surface area contributed by atoms with Crippen LogP contribution in [0.2, 0.25) is 0 Å². The van der Waals surface area contributed by atoms with E-state index >= 15 is 0 Å². The van der Waals surface area contributed by atoms with Crippen molar-refractivity contribution >= 4 is 5.69 Å². The zero-order valence-electron chi connectivity index (χ0n) is 10.3. The fraction of sp³-hybridized carbons (Fsp3) is 0.200. The van der Waals surface area contributed by atoms with Gasteiger partial charge in [-0.15, -0.1) is 0 Å². The van der Waals surface area contributed by atoms with Gasteiger partial charge in [0.05, 0.1) is 0 Å². The maximum atomic E-state index is 3.25. The topological polar surface area (TPSA) is 24.1 Å². The summed E-state index contributed by atoms with van der Waals surface area (Å²) in [5, 5.41) is 0. The van der Waals surface area contributed by atoms with Crippen molar-refractivity contribution in [3.05, 3.63) is 65.2 Å². The molecule has 0 aromatic heterocycles. The molecule has 0 radical (unpaired) electrons. The van der Waals surface area contributed by atoms with Crippen LogP contribution >= 0.6 is 0 Å². The lowest BCUT2D eigenvalue weighted by atomic mass is 10.0. The Morgan fingerprint density at radius 3 is 2.12 bits per heavy atom. The van der Waals surface area contributed by atoms with Crippen LogP contribution in [0.1, 0.15) is 16.7 Å². The Hall–Kier alpha value is -1.80. The molecule has 2 aromatic carbocycles. The van der Waals surface area contributed by atoms with E-state index in [-0.39, 0.29) is 0 Å². The molecule has 17 heavy (non-hydrogen) atoms. The van der Waals surface area contributed by atoms with Crippen molar-refractivity contribution in [1.82, 2.24) is 5.43 Å². The SMILES string of the molecule is Cc1cccc(C)c1CNNc1ccccc1. The molecule has 0 aliphatic rings. The number of anilines is 1. The Morgan fingerprint density at radius 1 is 0.824 bits per heavy atom. The van der Waals surface area contributed by atoms with Gasteiger partial charge in [-0.25, -0.2) is 5.43 Å². The van der Waals surface area contributed by atoms with Crippen LogP contribution in [-0.4, -0.2) is 0 Å². The first-order valence-electron chi connectivity index (χ1n) is 5.86. The smallest absolute Gasteiger partial charge is 0.0487 e. The average Bonchev–Trinajstić information content (AvgIpc) is 2.34. The van der Waals surface area contributed by atoms with Crippen molar-refractivity contribution < 1.29 is 0 Å². The van der Waals surface area contributed by atoms with Crippen LogP contribution < -0.4 is 10.9 Å². The Labute approximate surface area is 103 Å². The van der Waals surface area contributed by atoms with Crippen LogP contribution in [0.15, 0.2) is 48.5 Å². The van der Waals surface area contributed by atoms with Crippen molar-refractivity contribution in [2.24, 2.45) is 0 Å². The van der Waals surface area contributed by atoms with E-state index in [1.165, 1.54) is 16.7 Å². The monoisotopic (exact) mass is 226 g/mol. The first kappa shape index (κ1) is 11.7. The quantitative estimate of drug-likeness (QED) is 0.781. The molecule has 2 heteroatoms. The van der Waals surface area contributed by atoms with Crippen molar-refractivity contribution in [3.8, 4) is 0 Å². The predicted molar refractivity (Wildman–Crippen MR) is 72.8 cm³/mol. The molecule has 2 aromatic rings. The number of para-hydroxylation sites is 1. The summed E-state index contributed by atoms with van der Waals surface area (Å²) in [6.07, 6.45) is 0. The van der Waals surface area contributed by atoms with Crippen molar-refractivity contribution in [2.75, 3.05) is 5.43 Å². The van der Waals surface area contributed by atoms with Crippen molar-refractivity contribution in [1.29, 1.82) is 0 Å². The molecule has 0 aliphatic heterocycles. The fourth-order valence-corrected chi connectivity index (χ4v) is 1.88. The summed E-state index contributed by atoms with van der Waals surface area (Å²) in [7, 11) is 0. The Kier molecular flexibility index (Phi) is 3.78. The van der Waals surface area contributed by atoms with E-state index in [0.29, 0.717) is 0 Å². The van der Waals surface area contributed by atoms with Crippen LogP contribution in [-0.2, 0) is 6.54 Å². The second kappa shape index (κ2) is 5.51. The van der Waals surface area contributed by atoms with E-state index < -0.39 is 0 Å². The maximum absolute atomic E-state index is 3.25. The second-order valence-corrected chi connectivity index (χ2v) is 4.21. The van der Waals surface area contributed by atoms with Gasteiger partial charge in [0.1, 0.15) is 0 Å². The Morgan fingerprint density at radius 2 is 1.47 bits per heavy atom. The van der Waals surface area contributed by atoms with Crippen LogP contribution in [0.3, 0.4) is 0 Å². The molecule has 2 rings (SSSR count). The number of benzene rings is 2. The standard InChI is InChI=1S/C15H18N2/c1-12-7-6-8-13(2)15(12)11-16-17-14-9-4-3-5-10-14/h3-10,16-17H,11H2,1-2H3. The zero-order valence-corrected chi connectivity index (χ0v) is 10.3. The van der Waals surface area contributed by atoms with Gasteiger partial charge in [0.2, 0.25) is 0 Å². The lowest BCUT2D eigenvalue weighted by Crippen LogP contribution is -2.21. The van der Waals surface area contributed by atoms with Crippen LogP contribution in [0.25, 0.3) is 0 Å². The Balaban J connectivity index is 1.95. The van der Waals surface area contributed by atoms with Gasteiger partial charge in [-0.1, -0.05) is 36.4 Å². The number of hydrogen-bond donors (Lipinski definition) is 2. The van der Waals surface area contributed by atoms with Gasteiger partial charge >= 0.3 is 0 Å². The number of aryl methyl sites for hydroxylation is 2. The normalized spacial score (nSPS) is 10.2. The molecule has 0 fully saturated rings. The lowest BCUT2D eigenvalue weighted by molar-refractivity contribution is 0.791. The second-order valence-electron chi connectivity index (χ2n) is 4.21. The summed E-state index contributed by atoms with van der Waals surface area (Å²) >= 11 is 0. The number of hydrazine groups is 1. The van der Waals surface area contributed by atoms with E-state index in [2.05, 4.69) is 42.9 Å². The van der Waals surface area contributed by atoms with Crippen molar-refractivity contribution in [2.45, 2.75) is 20.4 Å². The van der Waals surface area contributed by atoms with Crippen LogP contribution in [0.4, 0.5) is 5.69 Å². The third-order valence-electron chi connectivity index (χ3n) is 2.92. The van der Waals surface area contributed by atoms with Gasteiger partial charge in [0.15, 0.2) is 0 Å². The first-order valence-corrected chi connectivity index (χ1v) is 5.86. The minimum atomic E-state index is 0.827. The van der Waals surface area contributed by atoms with Gasteiger partial charge in [0.25, 0.3) is 0 Å². The van der Waals surface area contributed by atoms with E-state index in [4.69, 9.17) is 0 Å². The van der Waals surface area contributed by atoms with E-state index in [1.807, 2.05) is 30.3 Å². The van der Waals surface area contributed by atoms with Gasteiger partial charge in [0, 0.05) is 12.2 Å². The molecule has 0 unspecified atom stereocenters. The minimum Gasteiger partial charge on any atom is -0.321 e. The number of hydrogen-bond acceptors (Lipinski definition) is 2. The van der Waals surface area contributed by atoms with E-state index in [0.717, 1.165) is 12.2 Å². The minimum absolute atomic E-state index is 0.827. The van der Waals surface area contributed by atoms with E-state index in [1.54, 1.807) is 0 Å². The van der Waals surface area contributed by atoms with Crippen LogP contribution in [0, 0.1) is 13.8 Å². The van der Waals surface area contributed by atoms with Gasteiger partial charge in [-0.3, -0.25) is 0 Å². The lowest BCUT2D eigenvalue weighted by Gasteiger charge is -2.12. The first-order chi connectivity index (χ1) is 8.27. The van der Waals surface area contributed by atoms with Crippen LogP contribution in [0.5, 0.6) is 0 Å². The molecular weight excluding hydrogens is 208 g/mol. The number of rotatable bonds is 4. The van der Waals surface area contributed by atoms with E-state index in [9.17, 15) is 0 Å². The highest BCUT2D eigenvalue weighted by molar-refractivity contribution is 5.41. The molecule has 0 bridgehead atoms. The summed E-state index contributed by atoms with van der Waals surface area (Å²) < 4.78 is 0. The number of nitrogens with one attached hydrogen (secondary N) is 2. The summed E-state index contributed by atoms with van der Waals surface area (Å²) in [5.41, 5.74) is 11.5. The molecule has 2 N–H and O–H groups in total. The molecule has 0 saturated carbocycles. The Bertz CT molecular complexity index is 457. The third kappa shape index (κ3) is 3.08. The zero-order chi connectivity index (χ0) is 12.1. The van der Waals surface area contributed by atoms with Gasteiger partial charge in [-0.05, 0) is 42.7 Å². The molecule has 0 amide bonds. The highest BCUT2D eigenvalue weighted by atomic mass is 15.3. The highest BCUT2D eigenvalue weighted by Crippen LogP contribution is 2.12. The maximum Gasteiger partial charge on any atom is 0.0487 e. The molecule has 0 saturated heterocycles. The predicted octanol–water partition coefficient (Wildman–Crippen LogP) is 3.42. The van der Waals surface area contributed by atoms with Gasteiger partial charge < -0.3 is 5.43 Å². The van der Waals surface area contributed by atoms with Gasteiger partial charge in [-0.2, -0.15) is 0 Å². The molecule has 0 aliphatic carbocycles. The summed E-state index contributed by atoms with van der Waals surface area (Å²) in [6.45, 7) is 5.12. The van der Waals surface area contributed by atoms with Crippen molar-refractivity contribution in [3.63, 3.8) is 0 Å². The molecule has 0 heterocycles. The fourth-order valence-electron chi connectivity index (χ4n) is 1.88. The third-order valence-corrected chi connectivity index (χ3v) is 2.92. The molecule has 0 spiro atoms. The highest BCUT2D eigenvalue weighted by Gasteiger charge is 2.00. The molecule has 88 valence electrons. The summed E-state index contributed by atoms with van der Waals surface area (Å²) in [4.78, 5) is 0. The molecule has 0 atom stereocenters. The summed E-state index contributed by atoms with van der Waals surface area (Å²) in [5.74, 6) is 0. The average molecular weight is 226 g/mol. The summed E-state index contributed by atoms with van der Waals surface area (Å²) in [6, 6.07) is 16.5. The largest absolute Gasteiger partial charge is 0.321 e. The molecule has 2 nitrogen and oxygen atoms in total. The molecular formula is C15H18N2.